The van der Waals surface area contributed by atoms with Gasteiger partial charge in [-0.15, -0.1) is 0 Å². The Labute approximate surface area is 119 Å². The standard InChI is InChI=1S/C16H19N3O/c1-4-20-16-11-7-14(8-12-16)18-17-13-5-9-15(10-6-13)19(2)3/h5-12H,4H2,1-3H3. The number of benzene rings is 2. The lowest BCUT2D eigenvalue weighted by molar-refractivity contribution is 0.340. The van der Waals surface area contributed by atoms with E-state index in [0.29, 0.717) is 6.61 Å². The average Bonchev–Trinajstić information content (AvgIpc) is 2.47. The number of rotatable bonds is 5. The van der Waals surface area contributed by atoms with Gasteiger partial charge < -0.3 is 9.64 Å². The lowest BCUT2D eigenvalue weighted by atomic mass is 10.3. The molecule has 104 valence electrons. The first-order chi connectivity index (χ1) is 9.69. The Morgan fingerprint density at radius 3 is 1.80 bits per heavy atom. The predicted octanol–water partition coefficient (Wildman–Crippen LogP) is 4.57. The van der Waals surface area contributed by atoms with Crippen molar-refractivity contribution in [3.63, 3.8) is 0 Å². The maximum Gasteiger partial charge on any atom is 0.119 e. The number of hydrogen-bond acceptors (Lipinski definition) is 4. The average molecular weight is 269 g/mol. The van der Waals surface area contributed by atoms with Gasteiger partial charge in [0.2, 0.25) is 0 Å². The van der Waals surface area contributed by atoms with E-state index in [1.54, 1.807) is 0 Å². The largest absolute Gasteiger partial charge is 0.494 e. The monoisotopic (exact) mass is 269 g/mol. The third-order valence-corrected chi connectivity index (χ3v) is 2.79. The van der Waals surface area contributed by atoms with E-state index in [4.69, 9.17) is 4.74 Å². The van der Waals surface area contributed by atoms with Crippen LogP contribution in [0.1, 0.15) is 6.92 Å². The molecule has 0 N–H and O–H groups in total. The van der Waals surface area contributed by atoms with Crippen LogP contribution in [0.2, 0.25) is 0 Å². The van der Waals surface area contributed by atoms with E-state index in [9.17, 15) is 0 Å². The first-order valence-electron chi connectivity index (χ1n) is 6.61. The molecule has 0 aliphatic rings. The third kappa shape index (κ3) is 3.82. The lowest BCUT2D eigenvalue weighted by Crippen LogP contribution is -2.07. The van der Waals surface area contributed by atoms with Crippen LogP contribution in [0.15, 0.2) is 58.8 Å². The van der Waals surface area contributed by atoms with Crippen molar-refractivity contribution in [2.45, 2.75) is 6.92 Å². The van der Waals surface area contributed by atoms with E-state index >= 15 is 0 Å². The van der Waals surface area contributed by atoms with Gasteiger partial charge in [-0.3, -0.25) is 0 Å². The molecule has 2 aromatic carbocycles. The second kappa shape index (κ2) is 6.70. The van der Waals surface area contributed by atoms with Gasteiger partial charge in [0.15, 0.2) is 0 Å². The van der Waals surface area contributed by atoms with Gasteiger partial charge >= 0.3 is 0 Å². The van der Waals surface area contributed by atoms with Crippen molar-refractivity contribution >= 4 is 17.1 Å². The van der Waals surface area contributed by atoms with Crippen LogP contribution in [-0.4, -0.2) is 20.7 Å². The van der Waals surface area contributed by atoms with E-state index in [1.165, 1.54) is 0 Å². The van der Waals surface area contributed by atoms with Crippen molar-refractivity contribution < 1.29 is 4.74 Å². The minimum atomic E-state index is 0.666. The first kappa shape index (κ1) is 14.1. The molecule has 2 aromatic rings. The molecule has 0 aliphatic heterocycles. The molecule has 0 spiro atoms. The van der Waals surface area contributed by atoms with Gasteiger partial charge in [0.05, 0.1) is 18.0 Å². The molecule has 0 aliphatic carbocycles. The molecule has 2 rings (SSSR count). The van der Waals surface area contributed by atoms with Crippen molar-refractivity contribution in [3.8, 4) is 5.75 Å². The summed E-state index contributed by atoms with van der Waals surface area (Å²) in [4.78, 5) is 2.05. The molecule has 4 nitrogen and oxygen atoms in total. The van der Waals surface area contributed by atoms with Gasteiger partial charge in [-0.1, -0.05) is 0 Å². The fourth-order valence-electron chi connectivity index (χ4n) is 1.71. The molecule has 0 aromatic heterocycles. The second-order valence-corrected chi connectivity index (χ2v) is 4.54. The van der Waals surface area contributed by atoms with Crippen molar-refractivity contribution in [1.29, 1.82) is 0 Å². The Bertz CT molecular complexity index is 559. The molecule has 0 bridgehead atoms. The zero-order valence-corrected chi connectivity index (χ0v) is 12.1. The van der Waals surface area contributed by atoms with Crippen LogP contribution in [-0.2, 0) is 0 Å². The Morgan fingerprint density at radius 1 is 0.850 bits per heavy atom. The zero-order valence-electron chi connectivity index (χ0n) is 12.1. The van der Waals surface area contributed by atoms with Crippen LogP contribution >= 0.6 is 0 Å². The van der Waals surface area contributed by atoms with E-state index < -0.39 is 0 Å². The van der Waals surface area contributed by atoms with E-state index in [2.05, 4.69) is 10.2 Å². The summed E-state index contributed by atoms with van der Waals surface area (Å²) in [6.45, 7) is 2.63. The summed E-state index contributed by atoms with van der Waals surface area (Å²) in [5, 5.41) is 8.43. The fourth-order valence-corrected chi connectivity index (χ4v) is 1.71. The Morgan fingerprint density at radius 2 is 1.35 bits per heavy atom. The lowest BCUT2D eigenvalue weighted by Gasteiger charge is -2.11. The summed E-state index contributed by atoms with van der Waals surface area (Å²) in [6.07, 6.45) is 0. The van der Waals surface area contributed by atoms with Gasteiger partial charge in [0, 0.05) is 19.8 Å². The van der Waals surface area contributed by atoms with Crippen LogP contribution in [0.4, 0.5) is 17.1 Å². The zero-order chi connectivity index (χ0) is 14.4. The number of azo groups is 1. The Hall–Kier alpha value is -2.36. The molecule has 20 heavy (non-hydrogen) atoms. The summed E-state index contributed by atoms with van der Waals surface area (Å²) in [5.74, 6) is 0.849. The van der Waals surface area contributed by atoms with Crippen LogP contribution < -0.4 is 9.64 Å². The highest BCUT2D eigenvalue weighted by Gasteiger charge is 1.96. The number of nitrogens with zero attached hydrogens (tertiary/aromatic N) is 3. The number of anilines is 1. The molecule has 0 saturated heterocycles. The molecule has 0 unspecified atom stereocenters. The summed E-state index contributed by atoms with van der Waals surface area (Å²) in [5.41, 5.74) is 2.79. The minimum Gasteiger partial charge on any atom is -0.494 e. The highest BCUT2D eigenvalue weighted by Crippen LogP contribution is 2.22. The Kier molecular flexibility index (Phi) is 4.71. The first-order valence-corrected chi connectivity index (χ1v) is 6.61. The van der Waals surface area contributed by atoms with E-state index in [-0.39, 0.29) is 0 Å². The Balaban J connectivity index is 2.04. The van der Waals surface area contributed by atoms with Crippen LogP contribution in [0.5, 0.6) is 5.75 Å². The van der Waals surface area contributed by atoms with Crippen molar-refractivity contribution in [1.82, 2.24) is 0 Å². The molecule has 0 radical (unpaired) electrons. The predicted molar refractivity (Wildman–Crippen MR) is 82.6 cm³/mol. The fraction of sp³-hybridized carbons (Fsp3) is 0.250. The minimum absolute atomic E-state index is 0.666. The van der Waals surface area contributed by atoms with Crippen molar-refractivity contribution in [2.75, 3.05) is 25.6 Å². The van der Waals surface area contributed by atoms with E-state index in [1.807, 2.05) is 74.4 Å². The highest BCUT2D eigenvalue weighted by atomic mass is 16.5. The smallest absolute Gasteiger partial charge is 0.119 e. The molecule has 0 saturated carbocycles. The number of ether oxygens (including phenoxy) is 1. The molecule has 0 fully saturated rings. The maximum absolute atomic E-state index is 5.38. The van der Waals surface area contributed by atoms with Crippen molar-refractivity contribution in [3.05, 3.63) is 48.5 Å². The van der Waals surface area contributed by atoms with Crippen molar-refractivity contribution in [2.24, 2.45) is 10.2 Å². The normalized spacial score (nSPS) is 10.8. The summed E-state index contributed by atoms with van der Waals surface area (Å²) < 4.78 is 5.38. The SMILES string of the molecule is CCOc1ccc(N=Nc2ccc(N(C)C)cc2)cc1. The molecule has 4 heteroatoms. The second-order valence-electron chi connectivity index (χ2n) is 4.54. The summed E-state index contributed by atoms with van der Waals surface area (Å²) >= 11 is 0. The van der Waals surface area contributed by atoms with Gasteiger partial charge in [0.25, 0.3) is 0 Å². The van der Waals surface area contributed by atoms with Crippen LogP contribution in [0, 0.1) is 0 Å². The quantitative estimate of drug-likeness (QED) is 0.746. The summed E-state index contributed by atoms with van der Waals surface area (Å²) in [7, 11) is 4.02. The van der Waals surface area contributed by atoms with Gasteiger partial charge in [0.1, 0.15) is 5.75 Å². The molecular formula is C16H19N3O. The van der Waals surface area contributed by atoms with Gasteiger partial charge in [-0.05, 0) is 55.5 Å². The highest BCUT2D eigenvalue weighted by molar-refractivity contribution is 5.52. The third-order valence-electron chi connectivity index (χ3n) is 2.79. The van der Waals surface area contributed by atoms with Gasteiger partial charge in [-0.2, -0.15) is 10.2 Å². The van der Waals surface area contributed by atoms with Gasteiger partial charge in [-0.25, -0.2) is 0 Å². The molecule has 0 heterocycles. The van der Waals surface area contributed by atoms with Crippen LogP contribution in [0.25, 0.3) is 0 Å². The summed E-state index contributed by atoms with van der Waals surface area (Å²) in [6, 6.07) is 15.5. The number of hydrogen-bond donors (Lipinski definition) is 0. The molecule has 0 amide bonds. The topological polar surface area (TPSA) is 37.2 Å². The van der Waals surface area contributed by atoms with Crippen LogP contribution in [0.3, 0.4) is 0 Å². The molecular weight excluding hydrogens is 250 g/mol. The molecule has 0 atom stereocenters. The maximum atomic E-state index is 5.38. The van der Waals surface area contributed by atoms with E-state index in [0.717, 1.165) is 22.8 Å².